The van der Waals surface area contributed by atoms with Gasteiger partial charge in [0.25, 0.3) is 0 Å². The SMILES string of the molecule is CC1=NC(C)CC(=O)N1. The van der Waals surface area contributed by atoms with Crippen molar-refractivity contribution in [3.05, 3.63) is 0 Å². The molecule has 0 bridgehead atoms. The van der Waals surface area contributed by atoms with Gasteiger partial charge in [-0.15, -0.1) is 0 Å². The normalized spacial score (nSPS) is 27.1. The van der Waals surface area contributed by atoms with E-state index in [0.717, 1.165) is 5.84 Å². The molecule has 1 unspecified atom stereocenters. The Morgan fingerprint density at radius 2 is 2.44 bits per heavy atom. The number of hydrogen-bond donors (Lipinski definition) is 1. The van der Waals surface area contributed by atoms with Crippen LogP contribution in [0.3, 0.4) is 0 Å². The smallest absolute Gasteiger partial charge is 0.227 e. The van der Waals surface area contributed by atoms with Crippen LogP contribution in [0.4, 0.5) is 0 Å². The van der Waals surface area contributed by atoms with Crippen LogP contribution in [0, 0.1) is 0 Å². The molecule has 1 N–H and O–H groups in total. The van der Waals surface area contributed by atoms with Gasteiger partial charge in [-0.3, -0.25) is 9.79 Å². The van der Waals surface area contributed by atoms with Crippen LogP contribution < -0.4 is 5.32 Å². The summed E-state index contributed by atoms with van der Waals surface area (Å²) in [5, 5.41) is 2.62. The van der Waals surface area contributed by atoms with Crippen LogP contribution in [0.25, 0.3) is 0 Å². The van der Waals surface area contributed by atoms with Crippen molar-refractivity contribution < 1.29 is 4.79 Å². The molecule has 0 aliphatic carbocycles. The molecule has 0 spiro atoms. The fourth-order valence-corrected chi connectivity index (χ4v) is 0.930. The number of hydrogen-bond acceptors (Lipinski definition) is 2. The number of nitrogens with one attached hydrogen (secondary N) is 1. The monoisotopic (exact) mass is 126 g/mol. The lowest BCUT2D eigenvalue weighted by atomic mass is 10.2. The lowest BCUT2D eigenvalue weighted by molar-refractivity contribution is -0.120. The van der Waals surface area contributed by atoms with Crippen molar-refractivity contribution in [1.82, 2.24) is 5.32 Å². The Morgan fingerprint density at radius 1 is 1.78 bits per heavy atom. The molecule has 1 rings (SSSR count). The second kappa shape index (κ2) is 2.17. The lowest BCUT2D eigenvalue weighted by Crippen LogP contribution is -2.35. The molecule has 0 aromatic heterocycles. The van der Waals surface area contributed by atoms with E-state index in [1.807, 2.05) is 6.92 Å². The zero-order valence-corrected chi connectivity index (χ0v) is 5.64. The van der Waals surface area contributed by atoms with Gasteiger partial charge >= 0.3 is 0 Å². The molecule has 1 aliphatic heterocycles. The Balaban J connectivity index is 2.67. The highest BCUT2D eigenvalue weighted by Gasteiger charge is 2.13. The number of carbonyl (C=O) groups excluding carboxylic acids is 1. The Morgan fingerprint density at radius 3 is 2.89 bits per heavy atom. The van der Waals surface area contributed by atoms with Crippen LogP contribution in [0.1, 0.15) is 20.3 Å². The van der Waals surface area contributed by atoms with Gasteiger partial charge in [0.2, 0.25) is 5.91 Å². The van der Waals surface area contributed by atoms with Gasteiger partial charge in [0, 0.05) is 6.42 Å². The van der Waals surface area contributed by atoms with Gasteiger partial charge in [0.05, 0.1) is 6.04 Å². The first-order valence-corrected chi connectivity index (χ1v) is 3.03. The zero-order valence-electron chi connectivity index (χ0n) is 5.64. The molecule has 9 heavy (non-hydrogen) atoms. The molecule has 3 nitrogen and oxygen atoms in total. The van der Waals surface area contributed by atoms with Gasteiger partial charge in [-0.1, -0.05) is 0 Å². The van der Waals surface area contributed by atoms with E-state index < -0.39 is 0 Å². The third-order valence-corrected chi connectivity index (χ3v) is 1.22. The van der Waals surface area contributed by atoms with Gasteiger partial charge in [0.1, 0.15) is 5.84 Å². The Kier molecular flexibility index (Phi) is 1.51. The Hall–Kier alpha value is -0.860. The van der Waals surface area contributed by atoms with Crippen molar-refractivity contribution >= 4 is 11.7 Å². The molecular formula is C6H10N2O. The zero-order chi connectivity index (χ0) is 6.85. The van der Waals surface area contributed by atoms with Crippen LogP contribution in [-0.4, -0.2) is 17.8 Å². The second-order valence-corrected chi connectivity index (χ2v) is 2.32. The van der Waals surface area contributed by atoms with Crippen molar-refractivity contribution in [2.24, 2.45) is 4.99 Å². The maximum atomic E-state index is 10.7. The van der Waals surface area contributed by atoms with Crippen molar-refractivity contribution in [2.75, 3.05) is 0 Å². The summed E-state index contributed by atoms with van der Waals surface area (Å²) in [5.41, 5.74) is 0. The summed E-state index contributed by atoms with van der Waals surface area (Å²) >= 11 is 0. The summed E-state index contributed by atoms with van der Waals surface area (Å²) in [6.45, 7) is 3.73. The number of carbonyl (C=O) groups is 1. The molecule has 0 aromatic rings. The van der Waals surface area contributed by atoms with Crippen LogP contribution in [0.5, 0.6) is 0 Å². The standard InChI is InChI=1S/C6H10N2O/c1-4-3-6(9)8-5(2)7-4/h4H,3H2,1-2H3,(H,7,8,9). The summed E-state index contributed by atoms with van der Waals surface area (Å²) in [6.07, 6.45) is 0.525. The Bertz CT molecular complexity index is 162. The first kappa shape index (κ1) is 6.26. The quantitative estimate of drug-likeness (QED) is 0.498. The van der Waals surface area contributed by atoms with Gasteiger partial charge in [0.15, 0.2) is 0 Å². The number of amides is 1. The summed E-state index contributed by atoms with van der Waals surface area (Å²) in [6, 6.07) is 0.166. The van der Waals surface area contributed by atoms with E-state index in [4.69, 9.17) is 0 Å². The third-order valence-electron chi connectivity index (χ3n) is 1.22. The highest BCUT2D eigenvalue weighted by atomic mass is 16.1. The first-order chi connectivity index (χ1) is 4.18. The van der Waals surface area contributed by atoms with E-state index in [1.165, 1.54) is 0 Å². The molecule has 1 amide bonds. The minimum atomic E-state index is 0.0787. The van der Waals surface area contributed by atoms with Crippen LogP contribution in [-0.2, 0) is 4.79 Å². The number of rotatable bonds is 0. The molecule has 0 radical (unpaired) electrons. The van der Waals surface area contributed by atoms with Crippen molar-refractivity contribution in [2.45, 2.75) is 26.3 Å². The average Bonchev–Trinajstić information content (AvgIpc) is 1.59. The molecular weight excluding hydrogens is 116 g/mol. The van der Waals surface area contributed by atoms with Gasteiger partial charge in [-0.2, -0.15) is 0 Å². The van der Waals surface area contributed by atoms with E-state index >= 15 is 0 Å². The summed E-state index contributed by atoms with van der Waals surface area (Å²) in [5.74, 6) is 0.814. The maximum absolute atomic E-state index is 10.7. The largest absolute Gasteiger partial charge is 0.315 e. The maximum Gasteiger partial charge on any atom is 0.227 e. The van der Waals surface area contributed by atoms with Gasteiger partial charge in [-0.25, -0.2) is 0 Å². The lowest BCUT2D eigenvalue weighted by Gasteiger charge is -2.14. The fraction of sp³-hybridized carbons (Fsp3) is 0.667. The fourth-order valence-electron chi connectivity index (χ4n) is 0.930. The summed E-state index contributed by atoms with van der Waals surface area (Å²) < 4.78 is 0. The number of aliphatic imine (C=N–C) groups is 1. The molecule has 1 heterocycles. The highest BCUT2D eigenvalue weighted by molar-refractivity contribution is 5.98. The van der Waals surface area contributed by atoms with E-state index in [2.05, 4.69) is 10.3 Å². The average molecular weight is 126 g/mol. The predicted molar refractivity (Wildman–Crippen MR) is 35.3 cm³/mol. The summed E-state index contributed by atoms with van der Waals surface area (Å²) in [4.78, 5) is 14.8. The number of nitrogens with zero attached hydrogens (tertiary/aromatic N) is 1. The molecule has 0 saturated carbocycles. The highest BCUT2D eigenvalue weighted by Crippen LogP contribution is 2.01. The van der Waals surface area contributed by atoms with E-state index in [-0.39, 0.29) is 11.9 Å². The molecule has 3 heteroatoms. The van der Waals surface area contributed by atoms with E-state index in [0.29, 0.717) is 6.42 Å². The van der Waals surface area contributed by atoms with E-state index in [1.54, 1.807) is 6.92 Å². The van der Waals surface area contributed by atoms with Crippen LogP contribution in [0.2, 0.25) is 0 Å². The molecule has 0 saturated heterocycles. The minimum Gasteiger partial charge on any atom is -0.315 e. The molecule has 50 valence electrons. The van der Waals surface area contributed by atoms with Crippen molar-refractivity contribution in [1.29, 1.82) is 0 Å². The van der Waals surface area contributed by atoms with Crippen molar-refractivity contribution in [3.8, 4) is 0 Å². The second-order valence-electron chi connectivity index (χ2n) is 2.32. The van der Waals surface area contributed by atoms with E-state index in [9.17, 15) is 4.79 Å². The third kappa shape index (κ3) is 1.52. The molecule has 1 aliphatic rings. The van der Waals surface area contributed by atoms with Gasteiger partial charge < -0.3 is 5.32 Å². The first-order valence-electron chi connectivity index (χ1n) is 3.03. The van der Waals surface area contributed by atoms with Crippen molar-refractivity contribution in [3.63, 3.8) is 0 Å². The molecule has 1 atom stereocenters. The summed E-state index contributed by atoms with van der Waals surface area (Å²) in [7, 11) is 0. The van der Waals surface area contributed by atoms with Crippen LogP contribution >= 0.6 is 0 Å². The van der Waals surface area contributed by atoms with Gasteiger partial charge in [-0.05, 0) is 13.8 Å². The number of amidine groups is 1. The van der Waals surface area contributed by atoms with Crippen LogP contribution in [0.15, 0.2) is 4.99 Å². The predicted octanol–water partition coefficient (Wildman–Crippen LogP) is 0.313. The Labute approximate surface area is 54.2 Å². The molecule has 0 fully saturated rings. The molecule has 0 aromatic carbocycles. The topological polar surface area (TPSA) is 41.5 Å². The minimum absolute atomic E-state index is 0.0787.